The third-order valence-electron chi connectivity index (χ3n) is 4.89. The molecule has 3 aromatic rings. The summed E-state index contributed by atoms with van der Waals surface area (Å²) in [5.41, 5.74) is 2.37. The molecule has 160 valence electrons. The number of carbonyl (C=O) groups is 1. The van der Waals surface area contributed by atoms with E-state index in [0.717, 1.165) is 23.5 Å². The number of carbonyl (C=O) groups excluding carboxylic acids is 1. The first kappa shape index (κ1) is 21.9. The fourth-order valence-corrected chi connectivity index (χ4v) is 3.38. The first-order chi connectivity index (χ1) is 14.2. The molecule has 1 heterocycles. The Kier molecular flexibility index (Phi) is 6.82. The summed E-state index contributed by atoms with van der Waals surface area (Å²) in [6.07, 6.45) is 1.95. The Labute approximate surface area is 175 Å². The summed E-state index contributed by atoms with van der Waals surface area (Å²) in [7, 11) is 3.87. The van der Waals surface area contributed by atoms with E-state index in [1.807, 2.05) is 35.8 Å². The molecule has 0 radical (unpaired) electrons. The summed E-state index contributed by atoms with van der Waals surface area (Å²) in [4.78, 5) is 14.9. The van der Waals surface area contributed by atoms with Gasteiger partial charge in [-0.05, 0) is 49.3 Å². The number of hydrogen-bond acceptors (Lipinski definition) is 3. The molecule has 0 bridgehead atoms. The molecule has 7 heteroatoms. The number of amides is 1. The molecule has 1 aromatic heterocycles. The summed E-state index contributed by atoms with van der Waals surface area (Å²) in [6.45, 7) is 6.15. The largest absolute Gasteiger partial charge is 0.351 e. The second kappa shape index (κ2) is 9.34. The number of nitrogens with one attached hydrogen (secondary N) is 1. The van der Waals surface area contributed by atoms with E-state index in [1.165, 1.54) is 12.1 Å². The average molecular weight is 415 g/mol. The predicted molar refractivity (Wildman–Crippen MR) is 115 cm³/mol. The van der Waals surface area contributed by atoms with Crippen LogP contribution in [0.3, 0.4) is 0 Å². The molecular formula is C23H28F2N4O. The first-order valence-electron chi connectivity index (χ1n) is 10.1. The Morgan fingerprint density at radius 2 is 1.93 bits per heavy atom. The van der Waals surface area contributed by atoms with Crippen molar-refractivity contribution in [1.29, 1.82) is 0 Å². The summed E-state index contributed by atoms with van der Waals surface area (Å²) >= 11 is 0. The lowest BCUT2D eigenvalue weighted by Gasteiger charge is -2.14. The molecule has 0 saturated heterocycles. The molecule has 0 unspecified atom stereocenters. The standard InChI is InChI=1S/C23H28F2N4O/c1-15(2)14-29-22-12-20(23(30)26-7-8-28(3)4)17(10-18(22)13-27-29)9-16-5-6-19(24)11-21(16)25/h5-6,10-13,15H,7-9,14H2,1-4H3,(H,26,30). The van der Waals surface area contributed by atoms with Crippen LogP contribution >= 0.6 is 0 Å². The van der Waals surface area contributed by atoms with Gasteiger partial charge in [0, 0.05) is 43.1 Å². The van der Waals surface area contributed by atoms with Crippen molar-refractivity contribution in [1.82, 2.24) is 20.0 Å². The quantitative estimate of drug-likeness (QED) is 0.609. The van der Waals surface area contributed by atoms with Crippen molar-refractivity contribution in [2.75, 3.05) is 27.2 Å². The Bertz CT molecular complexity index is 1040. The lowest BCUT2D eigenvalue weighted by atomic mass is 9.97. The van der Waals surface area contributed by atoms with Gasteiger partial charge in [0.1, 0.15) is 11.6 Å². The van der Waals surface area contributed by atoms with Gasteiger partial charge in [0.2, 0.25) is 0 Å². The fourth-order valence-electron chi connectivity index (χ4n) is 3.38. The molecular weight excluding hydrogens is 386 g/mol. The highest BCUT2D eigenvalue weighted by Crippen LogP contribution is 2.24. The number of benzene rings is 2. The summed E-state index contributed by atoms with van der Waals surface area (Å²) in [6, 6.07) is 7.22. The molecule has 0 aliphatic heterocycles. The van der Waals surface area contributed by atoms with E-state index in [2.05, 4.69) is 24.3 Å². The highest BCUT2D eigenvalue weighted by atomic mass is 19.1. The van der Waals surface area contributed by atoms with Gasteiger partial charge < -0.3 is 10.2 Å². The van der Waals surface area contributed by atoms with Gasteiger partial charge in [-0.25, -0.2) is 8.78 Å². The van der Waals surface area contributed by atoms with Gasteiger partial charge in [0.05, 0.1) is 11.7 Å². The Morgan fingerprint density at radius 3 is 2.60 bits per heavy atom. The molecule has 0 saturated carbocycles. The first-order valence-corrected chi connectivity index (χ1v) is 10.1. The monoisotopic (exact) mass is 414 g/mol. The number of likely N-dealkylation sites (N-methyl/N-ethyl adjacent to an activating group) is 1. The van der Waals surface area contributed by atoms with Crippen LogP contribution in [0.2, 0.25) is 0 Å². The van der Waals surface area contributed by atoms with Crippen LogP contribution in [0, 0.1) is 17.6 Å². The molecule has 3 rings (SSSR count). The Hall–Kier alpha value is -2.80. The van der Waals surface area contributed by atoms with Gasteiger partial charge >= 0.3 is 0 Å². The number of nitrogens with zero attached hydrogens (tertiary/aromatic N) is 3. The number of halogens is 2. The Balaban J connectivity index is 2.01. The lowest BCUT2D eigenvalue weighted by Crippen LogP contribution is -2.32. The van der Waals surface area contributed by atoms with Gasteiger partial charge in [-0.3, -0.25) is 9.48 Å². The van der Waals surface area contributed by atoms with E-state index in [0.29, 0.717) is 35.7 Å². The average Bonchev–Trinajstić information content (AvgIpc) is 3.04. The maximum absolute atomic E-state index is 14.3. The molecule has 1 amide bonds. The third-order valence-corrected chi connectivity index (χ3v) is 4.89. The molecule has 0 fully saturated rings. The van der Waals surface area contributed by atoms with E-state index in [4.69, 9.17) is 0 Å². The van der Waals surface area contributed by atoms with Crippen LogP contribution < -0.4 is 5.32 Å². The summed E-state index contributed by atoms with van der Waals surface area (Å²) in [5, 5.41) is 8.27. The van der Waals surface area contributed by atoms with Crippen molar-refractivity contribution in [2.24, 2.45) is 5.92 Å². The van der Waals surface area contributed by atoms with Crippen LogP contribution in [0.5, 0.6) is 0 Å². The van der Waals surface area contributed by atoms with Crippen molar-refractivity contribution >= 4 is 16.8 Å². The normalized spacial score (nSPS) is 11.6. The topological polar surface area (TPSA) is 50.2 Å². The fraction of sp³-hybridized carbons (Fsp3) is 0.391. The zero-order valence-corrected chi connectivity index (χ0v) is 17.9. The van der Waals surface area contributed by atoms with Gasteiger partial charge in [-0.2, -0.15) is 5.10 Å². The zero-order valence-electron chi connectivity index (χ0n) is 17.9. The van der Waals surface area contributed by atoms with Crippen molar-refractivity contribution in [2.45, 2.75) is 26.8 Å². The molecule has 1 N–H and O–H groups in total. The second-order valence-electron chi connectivity index (χ2n) is 8.26. The summed E-state index contributed by atoms with van der Waals surface area (Å²) in [5.74, 6) is -1.06. The molecule has 30 heavy (non-hydrogen) atoms. The highest BCUT2D eigenvalue weighted by molar-refractivity contribution is 5.99. The molecule has 0 spiro atoms. The number of fused-ring (bicyclic) bond motifs is 1. The molecule has 0 aliphatic rings. The van der Waals surface area contributed by atoms with Crippen LogP contribution in [0.15, 0.2) is 36.5 Å². The number of hydrogen-bond donors (Lipinski definition) is 1. The number of rotatable bonds is 8. The van der Waals surface area contributed by atoms with Crippen molar-refractivity contribution < 1.29 is 13.6 Å². The van der Waals surface area contributed by atoms with E-state index in [-0.39, 0.29) is 12.3 Å². The lowest BCUT2D eigenvalue weighted by molar-refractivity contribution is 0.0950. The molecule has 2 aromatic carbocycles. The maximum atomic E-state index is 14.3. The van der Waals surface area contributed by atoms with Crippen molar-refractivity contribution in [3.8, 4) is 0 Å². The van der Waals surface area contributed by atoms with Crippen LogP contribution in [-0.4, -0.2) is 47.8 Å². The van der Waals surface area contributed by atoms with E-state index in [9.17, 15) is 13.6 Å². The van der Waals surface area contributed by atoms with Gasteiger partial charge in [0.15, 0.2) is 0 Å². The molecule has 0 aliphatic carbocycles. The van der Waals surface area contributed by atoms with Gasteiger partial charge in [-0.15, -0.1) is 0 Å². The predicted octanol–water partition coefficient (Wildman–Crippen LogP) is 3.85. The Morgan fingerprint density at radius 1 is 1.17 bits per heavy atom. The van der Waals surface area contributed by atoms with Crippen LogP contribution in [-0.2, 0) is 13.0 Å². The van der Waals surface area contributed by atoms with E-state index in [1.54, 1.807) is 6.20 Å². The molecule has 5 nitrogen and oxygen atoms in total. The maximum Gasteiger partial charge on any atom is 0.251 e. The second-order valence-corrected chi connectivity index (χ2v) is 8.26. The number of aromatic nitrogens is 2. The van der Waals surface area contributed by atoms with E-state index >= 15 is 0 Å². The van der Waals surface area contributed by atoms with Crippen LogP contribution in [0.25, 0.3) is 10.9 Å². The van der Waals surface area contributed by atoms with Crippen LogP contribution in [0.1, 0.15) is 35.3 Å². The zero-order chi connectivity index (χ0) is 21.8. The van der Waals surface area contributed by atoms with Crippen molar-refractivity contribution in [3.05, 3.63) is 64.9 Å². The van der Waals surface area contributed by atoms with E-state index < -0.39 is 11.6 Å². The minimum atomic E-state index is -0.622. The van der Waals surface area contributed by atoms with Gasteiger partial charge in [-0.1, -0.05) is 19.9 Å². The van der Waals surface area contributed by atoms with Crippen molar-refractivity contribution in [3.63, 3.8) is 0 Å². The SMILES string of the molecule is CC(C)Cn1ncc2cc(Cc3ccc(F)cc3F)c(C(=O)NCCN(C)C)cc21. The highest BCUT2D eigenvalue weighted by Gasteiger charge is 2.17. The minimum absolute atomic E-state index is 0.188. The van der Waals surface area contributed by atoms with Crippen LogP contribution in [0.4, 0.5) is 8.78 Å². The summed E-state index contributed by atoms with van der Waals surface area (Å²) < 4.78 is 29.4. The van der Waals surface area contributed by atoms with Gasteiger partial charge in [0.25, 0.3) is 5.91 Å². The third kappa shape index (κ3) is 5.21. The molecule has 0 atom stereocenters. The minimum Gasteiger partial charge on any atom is -0.351 e. The smallest absolute Gasteiger partial charge is 0.251 e.